The van der Waals surface area contributed by atoms with Crippen LogP contribution >= 0.6 is 0 Å². The standard InChI is InChI=1S/C7H10N4O2.C5H5N/c8-3-4-9-7-2-1-6(5-10-7)11(12)13;1-2-4-6-5-3-1/h1-2,5H,3-4,8H2,(H,9,10);1-5H. The van der Waals surface area contributed by atoms with E-state index in [0.29, 0.717) is 18.9 Å². The lowest BCUT2D eigenvalue weighted by Crippen LogP contribution is -2.13. The lowest BCUT2D eigenvalue weighted by atomic mass is 10.4. The summed E-state index contributed by atoms with van der Waals surface area (Å²) in [4.78, 5) is 17.4. The van der Waals surface area contributed by atoms with E-state index in [0.717, 1.165) is 0 Å². The molecule has 0 atom stereocenters. The lowest BCUT2D eigenvalue weighted by Gasteiger charge is -2.01. The summed E-state index contributed by atoms with van der Waals surface area (Å²) < 4.78 is 0. The predicted molar refractivity (Wildman–Crippen MR) is 72.7 cm³/mol. The first-order valence-corrected chi connectivity index (χ1v) is 5.63. The highest BCUT2D eigenvalue weighted by atomic mass is 16.6. The highest BCUT2D eigenvalue weighted by Crippen LogP contribution is 2.10. The van der Waals surface area contributed by atoms with Crippen LogP contribution in [-0.2, 0) is 0 Å². The molecular weight excluding hydrogens is 246 g/mol. The molecule has 2 aromatic rings. The first-order valence-electron chi connectivity index (χ1n) is 5.63. The van der Waals surface area contributed by atoms with Crippen LogP contribution in [0.1, 0.15) is 0 Å². The number of nitrogens with two attached hydrogens (primary N) is 1. The summed E-state index contributed by atoms with van der Waals surface area (Å²) in [5.74, 6) is 0.594. The van der Waals surface area contributed by atoms with Crippen molar-refractivity contribution in [2.45, 2.75) is 0 Å². The Morgan fingerprint density at radius 2 is 2.00 bits per heavy atom. The molecule has 0 spiro atoms. The molecule has 19 heavy (non-hydrogen) atoms. The first kappa shape index (κ1) is 14.5. The van der Waals surface area contributed by atoms with Crippen molar-refractivity contribution >= 4 is 11.5 Å². The number of anilines is 1. The molecule has 0 aliphatic rings. The van der Waals surface area contributed by atoms with E-state index in [-0.39, 0.29) is 5.69 Å². The van der Waals surface area contributed by atoms with Crippen LogP contribution in [0.2, 0.25) is 0 Å². The number of hydrogen-bond donors (Lipinski definition) is 2. The summed E-state index contributed by atoms with van der Waals surface area (Å²) in [5.41, 5.74) is 5.24. The van der Waals surface area contributed by atoms with Gasteiger partial charge in [-0.15, -0.1) is 0 Å². The molecule has 2 aromatic heterocycles. The van der Waals surface area contributed by atoms with Gasteiger partial charge < -0.3 is 11.1 Å². The zero-order valence-electron chi connectivity index (χ0n) is 10.3. The van der Waals surface area contributed by atoms with Crippen molar-refractivity contribution in [3.63, 3.8) is 0 Å². The van der Waals surface area contributed by atoms with Crippen molar-refractivity contribution in [3.8, 4) is 0 Å². The fourth-order valence-corrected chi connectivity index (χ4v) is 1.11. The van der Waals surface area contributed by atoms with Gasteiger partial charge in [-0.25, -0.2) is 4.98 Å². The second kappa shape index (κ2) is 8.54. The third kappa shape index (κ3) is 6.08. The molecule has 0 aliphatic heterocycles. The SMILES string of the molecule is NCCNc1ccc([N+](=O)[O-])cn1.c1ccncc1. The van der Waals surface area contributed by atoms with Crippen LogP contribution in [0, 0.1) is 10.1 Å². The number of nitrogens with one attached hydrogen (secondary N) is 1. The summed E-state index contributed by atoms with van der Waals surface area (Å²) >= 11 is 0. The predicted octanol–water partition coefficient (Wildman–Crippen LogP) is 1.44. The van der Waals surface area contributed by atoms with Crippen molar-refractivity contribution in [1.29, 1.82) is 0 Å². The smallest absolute Gasteiger partial charge is 0.287 e. The summed E-state index contributed by atoms with van der Waals surface area (Å²) in [6, 6.07) is 8.66. The Labute approximate surface area is 110 Å². The zero-order chi connectivity index (χ0) is 13.9. The number of rotatable bonds is 4. The van der Waals surface area contributed by atoms with E-state index in [1.807, 2.05) is 18.2 Å². The van der Waals surface area contributed by atoms with Crippen molar-refractivity contribution in [3.05, 3.63) is 59.0 Å². The lowest BCUT2D eigenvalue weighted by molar-refractivity contribution is -0.385. The summed E-state index contributed by atoms with van der Waals surface area (Å²) in [7, 11) is 0. The van der Waals surface area contributed by atoms with Crippen molar-refractivity contribution in [1.82, 2.24) is 9.97 Å². The minimum Gasteiger partial charge on any atom is -0.369 e. The van der Waals surface area contributed by atoms with Gasteiger partial charge in [0.2, 0.25) is 0 Å². The third-order valence-electron chi connectivity index (χ3n) is 1.98. The van der Waals surface area contributed by atoms with Crippen molar-refractivity contribution in [2.24, 2.45) is 5.73 Å². The molecule has 3 N–H and O–H groups in total. The van der Waals surface area contributed by atoms with Gasteiger partial charge in [0.15, 0.2) is 0 Å². The molecular formula is C12H15N5O2. The Balaban J connectivity index is 0.000000250. The van der Waals surface area contributed by atoms with Gasteiger partial charge in [-0.1, -0.05) is 6.07 Å². The molecule has 7 nitrogen and oxygen atoms in total. The Hall–Kier alpha value is -2.54. The molecule has 0 fully saturated rings. The van der Waals surface area contributed by atoms with E-state index < -0.39 is 4.92 Å². The molecule has 0 bridgehead atoms. The van der Waals surface area contributed by atoms with Gasteiger partial charge in [-0.3, -0.25) is 15.1 Å². The molecule has 0 radical (unpaired) electrons. The van der Waals surface area contributed by atoms with Gasteiger partial charge in [-0.05, 0) is 18.2 Å². The molecule has 0 aromatic carbocycles. The van der Waals surface area contributed by atoms with Gasteiger partial charge in [0.1, 0.15) is 12.0 Å². The molecule has 2 rings (SSSR count). The molecule has 0 saturated heterocycles. The molecule has 100 valence electrons. The largest absolute Gasteiger partial charge is 0.369 e. The van der Waals surface area contributed by atoms with Gasteiger partial charge in [0, 0.05) is 31.5 Å². The maximum absolute atomic E-state index is 10.3. The number of pyridine rings is 2. The summed E-state index contributed by atoms with van der Waals surface area (Å²) in [6.07, 6.45) is 4.71. The molecule has 2 heterocycles. The van der Waals surface area contributed by atoms with E-state index in [1.54, 1.807) is 18.5 Å². The Morgan fingerprint density at radius 3 is 2.37 bits per heavy atom. The van der Waals surface area contributed by atoms with Crippen LogP contribution in [0.5, 0.6) is 0 Å². The zero-order valence-corrected chi connectivity index (χ0v) is 10.3. The Kier molecular flexibility index (Phi) is 6.52. The van der Waals surface area contributed by atoms with Crippen molar-refractivity contribution < 1.29 is 4.92 Å². The number of nitrogens with zero attached hydrogens (tertiary/aromatic N) is 3. The monoisotopic (exact) mass is 261 g/mol. The summed E-state index contributed by atoms with van der Waals surface area (Å²) in [6.45, 7) is 1.10. The van der Waals surface area contributed by atoms with Crippen LogP contribution in [0.15, 0.2) is 48.9 Å². The fourth-order valence-electron chi connectivity index (χ4n) is 1.11. The molecule has 7 heteroatoms. The third-order valence-corrected chi connectivity index (χ3v) is 1.98. The van der Waals surface area contributed by atoms with Crippen LogP contribution in [0.25, 0.3) is 0 Å². The molecule has 0 aliphatic carbocycles. The maximum Gasteiger partial charge on any atom is 0.287 e. The van der Waals surface area contributed by atoms with Gasteiger partial charge in [-0.2, -0.15) is 0 Å². The number of hydrogen-bond acceptors (Lipinski definition) is 6. The van der Waals surface area contributed by atoms with Gasteiger partial charge >= 0.3 is 0 Å². The average molecular weight is 261 g/mol. The minimum atomic E-state index is -0.486. The highest BCUT2D eigenvalue weighted by Gasteiger charge is 2.03. The second-order valence-electron chi connectivity index (χ2n) is 3.40. The van der Waals surface area contributed by atoms with Crippen molar-refractivity contribution in [2.75, 3.05) is 18.4 Å². The first-order chi connectivity index (χ1) is 9.24. The summed E-state index contributed by atoms with van der Waals surface area (Å²) in [5, 5.41) is 13.2. The van der Waals surface area contributed by atoms with E-state index in [1.165, 1.54) is 12.3 Å². The molecule has 0 amide bonds. The normalized spacial score (nSPS) is 9.11. The topological polar surface area (TPSA) is 107 Å². The fraction of sp³-hybridized carbons (Fsp3) is 0.167. The number of nitro groups is 1. The van der Waals surface area contributed by atoms with Crippen LogP contribution in [-0.4, -0.2) is 28.0 Å². The van der Waals surface area contributed by atoms with Crippen LogP contribution in [0.3, 0.4) is 0 Å². The van der Waals surface area contributed by atoms with E-state index in [9.17, 15) is 10.1 Å². The average Bonchev–Trinajstić information content (AvgIpc) is 2.48. The maximum atomic E-state index is 10.3. The van der Waals surface area contributed by atoms with Gasteiger partial charge in [0.25, 0.3) is 5.69 Å². The number of aromatic nitrogens is 2. The highest BCUT2D eigenvalue weighted by molar-refractivity contribution is 5.39. The van der Waals surface area contributed by atoms with Crippen LogP contribution < -0.4 is 11.1 Å². The van der Waals surface area contributed by atoms with E-state index >= 15 is 0 Å². The minimum absolute atomic E-state index is 0.0155. The van der Waals surface area contributed by atoms with Gasteiger partial charge in [0.05, 0.1) is 4.92 Å². The van der Waals surface area contributed by atoms with E-state index in [4.69, 9.17) is 5.73 Å². The van der Waals surface area contributed by atoms with Crippen LogP contribution in [0.4, 0.5) is 11.5 Å². The quantitative estimate of drug-likeness (QED) is 0.637. The Bertz CT molecular complexity index is 449. The Morgan fingerprint density at radius 1 is 1.26 bits per heavy atom. The molecule has 0 unspecified atom stereocenters. The second-order valence-corrected chi connectivity index (χ2v) is 3.40. The van der Waals surface area contributed by atoms with E-state index in [2.05, 4.69) is 15.3 Å². The molecule has 0 saturated carbocycles.